The smallest absolute Gasteiger partial charge is 0.194 e. The molecule has 4 atom stereocenters. The van der Waals surface area contributed by atoms with E-state index in [1.165, 1.54) is 0 Å². The summed E-state index contributed by atoms with van der Waals surface area (Å²) < 4.78 is 39.8. The monoisotopic (exact) mass is 286 g/mol. The van der Waals surface area contributed by atoms with E-state index in [0.717, 1.165) is 31.4 Å². The van der Waals surface area contributed by atoms with Crippen LogP contribution in [0, 0.1) is 35.2 Å². The van der Waals surface area contributed by atoms with Gasteiger partial charge in [-0.3, -0.25) is 11.3 Å². The van der Waals surface area contributed by atoms with Crippen molar-refractivity contribution in [1.82, 2.24) is 5.43 Å². The number of hydrogen-bond acceptors (Lipinski definition) is 2. The highest BCUT2D eigenvalue weighted by Gasteiger charge is 2.31. The third-order valence-corrected chi connectivity index (χ3v) is 4.65. The minimum absolute atomic E-state index is 0.204. The van der Waals surface area contributed by atoms with E-state index in [1.807, 2.05) is 0 Å². The maximum Gasteiger partial charge on any atom is 0.194 e. The molecule has 1 fully saturated rings. The second-order valence-corrected chi connectivity index (χ2v) is 5.97. The fraction of sp³-hybridized carbons (Fsp3) is 0.600. The van der Waals surface area contributed by atoms with Gasteiger partial charge in [-0.15, -0.1) is 0 Å². The predicted molar refractivity (Wildman–Crippen MR) is 72.0 cm³/mol. The van der Waals surface area contributed by atoms with E-state index in [4.69, 9.17) is 5.84 Å². The van der Waals surface area contributed by atoms with Gasteiger partial charge in [-0.25, -0.2) is 13.2 Å². The van der Waals surface area contributed by atoms with E-state index in [9.17, 15) is 13.2 Å². The van der Waals surface area contributed by atoms with Crippen molar-refractivity contribution in [2.24, 2.45) is 23.6 Å². The van der Waals surface area contributed by atoms with E-state index >= 15 is 0 Å². The average molecular weight is 286 g/mol. The van der Waals surface area contributed by atoms with E-state index in [2.05, 4.69) is 19.3 Å². The third kappa shape index (κ3) is 2.99. The fourth-order valence-electron chi connectivity index (χ4n) is 3.15. The molecule has 2 rings (SSSR count). The summed E-state index contributed by atoms with van der Waals surface area (Å²) in [5.74, 6) is 3.18. The largest absolute Gasteiger partial charge is 0.271 e. The van der Waals surface area contributed by atoms with Crippen molar-refractivity contribution in [3.05, 3.63) is 35.1 Å². The summed E-state index contributed by atoms with van der Waals surface area (Å²) in [4.78, 5) is 0. The van der Waals surface area contributed by atoms with Crippen LogP contribution >= 0.6 is 0 Å². The van der Waals surface area contributed by atoms with Gasteiger partial charge < -0.3 is 0 Å². The summed E-state index contributed by atoms with van der Waals surface area (Å²) in [5, 5.41) is 0. The normalized spacial score (nSPS) is 28.4. The molecule has 1 saturated carbocycles. The first-order chi connectivity index (χ1) is 9.43. The van der Waals surface area contributed by atoms with Crippen LogP contribution in [0.3, 0.4) is 0 Å². The SMILES string of the molecule is CC1CCC(C(NN)c2cc(F)c(F)c(F)c2)CC1C. The topological polar surface area (TPSA) is 38.0 Å². The molecule has 1 aromatic rings. The maximum absolute atomic E-state index is 13.4. The zero-order valence-electron chi connectivity index (χ0n) is 11.8. The number of benzene rings is 1. The first kappa shape index (κ1) is 15.3. The van der Waals surface area contributed by atoms with E-state index in [-0.39, 0.29) is 12.0 Å². The van der Waals surface area contributed by atoms with Gasteiger partial charge in [0.1, 0.15) is 0 Å². The second kappa shape index (κ2) is 6.14. The number of halogens is 3. The third-order valence-electron chi connectivity index (χ3n) is 4.65. The molecule has 0 saturated heterocycles. The van der Waals surface area contributed by atoms with Gasteiger partial charge in [-0.05, 0) is 48.3 Å². The molecule has 0 heterocycles. The number of nitrogens with two attached hydrogens (primary N) is 1. The zero-order chi connectivity index (χ0) is 14.9. The van der Waals surface area contributed by atoms with Gasteiger partial charge in [0.05, 0.1) is 0 Å². The van der Waals surface area contributed by atoms with Gasteiger partial charge in [0, 0.05) is 6.04 Å². The molecule has 0 radical (unpaired) electrons. The first-order valence-corrected chi connectivity index (χ1v) is 7.04. The van der Waals surface area contributed by atoms with Gasteiger partial charge >= 0.3 is 0 Å². The van der Waals surface area contributed by atoms with Crippen molar-refractivity contribution in [3.8, 4) is 0 Å². The van der Waals surface area contributed by atoms with Crippen LogP contribution in [0.4, 0.5) is 13.2 Å². The molecule has 20 heavy (non-hydrogen) atoms. The van der Waals surface area contributed by atoms with Crippen LogP contribution < -0.4 is 11.3 Å². The van der Waals surface area contributed by atoms with Crippen molar-refractivity contribution >= 4 is 0 Å². The van der Waals surface area contributed by atoms with Crippen LogP contribution in [0.25, 0.3) is 0 Å². The minimum atomic E-state index is -1.44. The second-order valence-electron chi connectivity index (χ2n) is 5.97. The number of hydrazine groups is 1. The Kier molecular flexibility index (Phi) is 4.70. The van der Waals surface area contributed by atoms with Gasteiger partial charge in [-0.2, -0.15) is 0 Å². The predicted octanol–water partition coefficient (Wildman–Crippen LogP) is 3.68. The van der Waals surface area contributed by atoms with Gasteiger partial charge in [-0.1, -0.05) is 20.3 Å². The highest BCUT2D eigenvalue weighted by atomic mass is 19.2. The van der Waals surface area contributed by atoms with Crippen LogP contribution in [0.15, 0.2) is 12.1 Å². The van der Waals surface area contributed by atoms with E-state index in [0.29, 0.717) is 17.4 Å². The van der Waals surface area contributed by atoms with Gasteiger partial charge in [0.2, 0.25) is 0 Å². The summed E-state index contributed by atoms with van der Waals surface area (Å²) >= 11 is 0. The summed E-state index contributed by atoms with van der Waals surface area (Å²) in [5.41, 5.74) is 3.01. The van der Waals surface area contributed by atoms with Crippen LogP contribution in [0.1, 0.15) is 44.7 Å². The highest BCUT2D eigenvalue weighted by Crippen LogP contribution is 2.39. The molecule has 0 aliphatic heterocycles. The Labute approximate surface area is 117 Å². The first-order valence-electron chi connectivity index (χ1n) is 7.04. The Bertz CT molecular complexity index is 455. The molecular formula is C15H21F3N2. The standard InChI is InChI=1S/C15H21F3N2/c1-8-3-4-10(5-9(8)2)15(20-19)11-6-12(16)14(18)13(17)7-11/h6-10,15,20H,3-5,19H2,1-2H3. The summed E-state index contributed by atoms with van der Waals surface area (Å²) in [6.45, 7) is 4.39. The molecule has 1 aliphatic rings. The molecule has 1 aliphatic carbocycles. The number of rotatable bonds is 3. The molecule has 0 aromatic heterocycles. The van der Waals surface area contributed by atoms with Crippen molar-refractivity contribution in [3.63, 3.8) is 0 Å². The van der Waals surface area contributed by atoms with E-state index in [1.54, 1.807) is 0 Å². The maximum atomic E-state index is 13.4. The Hall–Kier alpha value is -1.07. The van der Waals surface area contributed by atoms with Gasteiger partial charge in [0.15, 0.2) is 17.5 Å². The van der Waals surface area contributed by atoms with Crippen LogP contribution in [0.2, 0.25) is 0 Å². The molecule has 5 heteroatoms. The Morgan fingerprint density at radius 3 is 2.20 bits per heavy atom. The molecule has 0 amide bonds. The fourth-order valence-corrected chi connectivity index (χ4v) is 3.15. The number of nitrogens with one attached hydrogen (secondary N) is 1. The molecule has 0 spiro atoms. The van der Waals surface area contributed by atoms with Crippen molar-refractivity contribution in [2.45, 2.75) is 39.2 Å². The van der Waals surface area contributed by atoms with Crippen molar-refractivity contribution < 1.29 is 13.2 Å². The molecule has 2 nitrogen and oxygen atoms in total. The Morgan fingerprint density at radius 1 is 1.10 bits per heavy atom. The molecule has 1 aromatic carbocycles. The van der Waals surface area contributed by atoms with Crippen LogP contribution in [0.5, 0.6) is 0 Å². The zero-order valence-corrected chi connectivity index (χ0v) is 11.8. The lowest BCUT2D eigenvalue weighted by molar-refractivity contribution is 0.171. The lowest BCUT2D eigenvalue weighted by Gasteiger charge is -2.36. The Morgan fingerprint density at radius 2 is 1.70 bits per heavy atom. The quantitative estimate of drug-likeness (QED) is 0.505. The van der Waals surface area contributed by atoms with E-state index < -0.39 is 17.5 Å². The van der Waals surface area contributed by atoms with Crippen LogP contribution in [-0.2, 0) is 0 Å². The molecule has 3 N–H and O–H groups in total. The summed E-state index contributed by atoms with van der Waals surface area (Å²) in [6.07, 6.45) is 2.95. The molecular weight excluding hydrogens is 265 g/mol. The lowest BCUT2D eigenvalue weighted by Crippen LogP contribution is -2.37. The molecule has 112 valence electrons. The summed E-state index contributed by atoms with van der Waals surface area (Å²) in [6, 6.07) is 1.71. The van der Waals surface area contributed by atoms with Crippen molar-refractivity contribution in [2.75, 3.05) is 0 Å². The average Bonchev–Trinajstić information content (AvgIpc) is 2.41. The van der Waals surface area contributed by atoms with Crippen molar-refractivity contribution in [1.29, 1.82) is 0 Å². The molecule has 4 unspecified atom stereocenters. The van der Waals surface area contributed by atoms with Gasteiger partial charge in [0.25, 0.3) is 0 Å². The number of hydrogen-bond donors (Lipinski definition) is 2. The molecule has 0 bridgehead atoms. The minimum Gasteiger partial charge on any atom is -0.271 e. The summed E-state index contributed by atoms with van der Waals surface area (Å²) in [7, 11) is 0. The highest BCUT2D eigenvalue weighted by molar-refractivity contribution is 5.23. The lowest BCUT2D eigenvalue weighted by atomic mass is 9.72. The van der Waals surface area contributed by atoms with Crippen LogP contribution in [-0.4, -0.2) is 0 Å². The Balaban J connectivity index is 2.24.